The van der Waals surface area contributed by atoms with Crippen LogP contribution in [0, 0.1) is 0 Å². The van der Waals surface area contributed by atoms with Crippen LogP contribution in [0.1, 0.15) is 44.8 Å². The average Bonchev–Trinajstić information content (AvgIpc) is 2.97. The summed E-state index contributed by atoms with van der Waals surface area (Å²) in [4.78, 5) is 29.1. The van der Waals surface area contributed by atoms with Gasteiger partial charge in [0.15, 0.2) is 5.78 Å². The highest BCUT2D eigenvalue weighted by atomic mass is 16.5. The molecule has 0 radical (unpaired) electrons. The van der Waals surface area contributed by atoms with E-state index in [2.05, 4.69) is 9.55 Å². The molecule has 1 aliphatic carbocycles. The maximum Gasteiger partial charge on any atom is 0.338 e. The van der Waals surface area contributed by atoms with E-state index in [-0.39, 0.29) is 5.78 Å². The Hall–Kier alpha value is -2.95. The van der Waals surface area contributed by atoms with Crippen molar-refractivity contribution < 1.29 is 14.3 Å². The second kappa shape index (κ2) is 6.16. The van der Waals surface area contributed by atoms with Gasteiger partial charge in [-0.3, -0.25) is 9.78 Å². The molecule has 0 spiro atoms. The summed E-state index contributed by atoms with van der Waals surface area (Å²) in [5.74, 6) is -0.308. The minimum Gasteiger partial charge on any atom is -0.465 e. The molecule has 0 N–H and O–H groups in total. The quantitative estimate of drug-likeness (QED) is 0.689. The van der Waals surface area contributed by atoms with Gasteiger partial charge >= 0.3 is 5.97 Å². The first-order valence-corrected chi connectivity index (χ1v) is 8.35. The Bertz CT molecular complexity index is 974. The Labute approximate surface area is 145 Å². The largest absolute Gasteiger partial charge is 0.465 e. The van der Waals surface area contributed by atoms with Crippen molar-refractivity contribution in [2.45, 2.75) is 25.8 Å². The van der Waals surface area contributed by atoms with E-state index in [1.807, 2.05) is 30.5 Å². The first-order valence-electron chi connectivity index (χ1n) is 8.35. The van der Waals surface area contributed by atoms with Crippen molar-refractivity contribution in [3.05, 3.63) is 65.1 Å². The number of hydrogen-bond donors (Lipinski definition) is 0. The van der Waals surface area contributed by atoms with Crippen LogP contribution in [-0.2, 0) is 17.7 Å². The highest BCUT2D eigenvalue weighted by Crippen LogP contribution is 2.35. The molecule has 0 atom stereocenters. The third-order valence-corrected chi connectivity index (χ3v) is 4.76. The Kier molecular flexibility index (Phi) is 3.84. The number of ketones is 1. The summed E-state index contributed by atoms with van der Waals surface area (Å²) in [7, 11) is 1.36. The highest BCUT2D eigenvalue weighted by molar-refractivity contribution is 6.16. The van der Waals surface area contributed by atoms with E-state index in [0.29, 0.717) is 24.1 Å². The van der Waals surface area contributed by atoms with E-state index in [1.54, 1.807) is 12.3 Å². The Morgan fingerprint density at radius 1 is 1.24 bits per heavy atom. The van der Waals surface area contributed by atoms with Crippen LogP contribution in [0.5, 0.6) is 0 Å². The maximum absolute atomic E-state index is 12.7. The number of pyridine rings is 1. The smallest absolute Gasteiger partial charge is 0.338 e. The standard InChI is InChI=1S/C20H18N2O3/c1-25-20(24)14-6-2-7-15-18(14)19-16(8-3-9-17(19)23)22(15)12-13-5-4-10-21-11-13/h2,4-7,10-11H,3,8-9,12H2,1H3. The molecule has 0 aliphatic heterocycles. The summed E-state index contributed by atoms with van der Waals surface area (Å²) >= 11 is 0. The number of aromatic nitrogens is 2. The molecule has 4 rings (SSSR count). The molecule has 0 bridgehead atoms. The number of hydrogen-bond acceptors (Lipinski definition) is 4. The number of nitrogens with zero attached hydrogens (tertiary/aromatic N) is 2. The van der Waals surface area contributed by atoms with Crippen molar-refractivity contribution in [1.82, 2.24) is 9.55 Å². The van der Waals surface area contributed by atoms with Gasteiger partial charge in [-0.1, -0.05) is 12.1 Å². The van der Waals surface area contributed by atoms with Crippen molar-refractivity contribution in [3.63, 3.8) is 0 Å². The van der Waals surface area contributed by atoms with Crippen LogP contribution in [0.25, 0.3) is 10.9 Å². The van der Waals surface area contributed by atoms with Gasteiger partial charge in [0.2, 0.25) is 0 Å². The molecule has 0 saturated carbocycles. The average molecular weight is 334 g/mol. The molecule has 126 valence electrons. The van der Waals surface area contributed by atoms with Gasteiger partial charge < -0.3 is 9.30 Å². The Morgan fingerprint density at radius 2 is 2.12 bits per heavy atom. The molecule has 1 aromatic carbocycles. The van der Waals surface area contributed by atoms with Gasteiger partial charge in [-0.2, -0.15) is 0 Å². The summed E-state index contributed by atoms with van der Waals surface area (Å²) in [6, 6.07) is 9.44. The third kappa shape index (κ3) is 2.52. The van der Waals surface area contributed by atoms with Crippen molar-refractivity contribution in [3.8, 4) is 0 Å². The van der Waals surface area contributed by atoms with Crippen LogP contribution in [0.15, 0.2) is 42.7 Å². The first kappa shape index (κ1) is 15.6. The number of Topliss-reactive ketones (excluding diaryl/α,β-unsaturated/α-hetero) is 1. The molecule has 1 aliphatic rings. The predicted molar refractivity (Wildman–Crippen MR) is 93.9 cm³/mol. The molecule has 2 aromatic heterocycles. The highest BCUT2D eigenvalue weighted by Gasteiger charge is 2.28. The van der Waals surface area contributed by atoms with Gasteiger partial charge in [-0.05, 0) is 36.6 Å². The van der Waals surface area contributed by atoms with Crippen LogP contribution in [0.3, 0.4) is 0 Å². The first-order chi connectivity index (χ1) is 12.2. The number of methoxy groups -OCH3 is 1. The lowest BCUT2D eigenvalue weighted by molar-refractivity contribution is 0.0603. The fourth-order valence-corrected chi connectivity index (χ4v) is 3.69. The summed E-state index contributed by atoms with van der Waals surface area (Å²) < 4.78 is 7.07. The molecule has 0 saturated heterocycles. The van der Waals surface area contributed by atoms with Crippen LogP contribution in [-0.4, -0.2) is 28.4 Å². The van der Waals surface area contributed by atoms with E-state index < -0.39 is 5.97 Å². The topological polar surface area (TPSA) is 61.2 Å². The number of ether oxygens (including phenoxy) is 1. The molecule has 0 amide bonds. The van der Waals surface area contributed by atoms with Crippen LogP contribution in [0.2, 0.25) is 0 Å². The number of benzene rings is 1. The van der Waals surface area contributed by atoms with Gasteiger partial charge in [-0.15, -0.1) is 0 Å². The summed E-state index contributed by atoms with van der Waals surface area (Å²) in [6.07, 6.45) is 5.76. The van der Waals surface area contributed by atoms with Crippen LogP contribution < -0.4 is 0 Å². The molecule has 5 nitrogen and oxygen atoms in total. The van der Waals surface area contributed by atoms with Crippen LogP contribution in [0.4, 0.5) is 0 Å². The SMILES string of the molecule is COC(=O)c1cccc2c1c1c(n2Cc2cccnc2)CCCC1=O. The van der Waals surface area contributed by atoms with E-state index in [0.717, 1.165) is 35.0 Å². The van der Waals surface area contributed by atoms with Gasteiger partial charge in [0.1, 0.15) is 0 Å². The summed E-state index contributed by atoms with van der Waals surface area (Å²) in [6.45, 7) is 0.623. The maximum atomic E-state index is 12.7. The number of carbonyl (C=O) groups is 2. The Balaban J connectivity index is 2.00. The predicted octanol–water partition coefficient (Wildman–Crippen LogP) is 3.39. The molecular weight excluding hydrogens is 316 g/mol. The number of esters is 1. The minimum atomic E-state index is -0.412. The summed E-state index contributed by atoms with van der Waals surface area (Å²) in [5.41, 5.74) is 4.10. The number of carbonyl (C=O) groups excluding carboxylic acids is 2. The van der Waals surface area contributed by atoms with Gasteiger partial charge in [0, 0.05) is 42.0 Å². The normalized spacial score (nSPS) is 13.7. The molecule has 5 heteroatoms. The second-order valence-corrected chi connectivity index (χ2v) is 6.24. The zero-order chi connectivity index (χ0) is 17.4. The van der Waals surface area contributed by atoms with Crippen molar-refractivity contribution in [2.24, 2.45) is 0 Å². The second-order valence-electron chi connectivity index (χ2n) is 6.24. The number of fused-ring (bicyclic) bond motifs is 3. The van der Waals surface area contributed by atoms with E-state index in [9.17, 15) is 9.59 Å². The zero-order valence-electron chi connectivity index (χ0n) is 14.0. The third-order valence-electron chi connectivity index (χ3n) is 4.76. The van der Waals surface area contributed by atoms with Gasteiger partial charge in [-0.25, -0.2) is 4.79 Å². The molecule has 3 aromatic rings. The molecular formula is C20H18N2O3. The van der Waals surface area contributed by atoms with Gasteiger partial charge in [0.05, 0.1) is 18.2 Å². The lowest BCUT2D eigenvalue weighted by Crippen LogP contribution is -2.14. The summed E-state index contributed by atoms with van der Waals surface area (Å²) in [5, 5.41) is 0.720. The monoisotopic (exact) mass is 334 g/mol. The van der Waals surface area contributed by atoms with Crippen molar-refractivity contribution in [1.29, 1.82) is 0 Å². The van der Waals surface area contributed by atoms with Crippen molar-refractivity contribution >= 4 is 22.7 Å². The van der Waals surface area contributed by atoms with Crippen molar-refractivity contribution in [2.75, 3.05) is 7.11 Å². The fraction of sp³-hybridized carbons (Fsp3) is 0.250. The fourth-order valence-electron chi connectivity index (χ4n) is 3.69. The zero-order valence-corrected chi connectivity index (χ0v) is 14.0. The van der Waals surface area contributed by atoms with Gasteiger partial charge in [0.25, 0.3) is 0 Å². The Morgan fingerprint density at radius 3 is 2.88 bits per heavy atom. The minimum absolute atomic E-state index is 0.104. The number of rotatable bonds is 3. The lowest BCUT2D eigenvalue weighted by atomic mass is 9.92. The van der Waals surface area contributed by atoms with E-state index >= 15 is 0 Å². The molecule has 0 unspecified atom stereocenters. The van der Waals surface area contributed by atoms with E-state index in [4.69, 9.17) is 4.74 Å². The van der Waals surface area contributed by atoms with E-state index in [1.165, 1.54) is 7.11 Å². The molecule has 2 heterocycles. The molecule has 0 fully saturated rings. The lowest BCUT2D eigenvalue weighted by Gasteiger charge is -2.15. The molecule has 25 heavy (non-hydrogen) atoms. The van der Waals surface area contributed by atoms with Crippen LogP contribution >= 0.6 is 0 Å².